The van der Waals surface area contributed by atoms with Crippen LogP contribution in [0.5, 0.6) is 0 Å². The van der Waals surface area contributed by atoms with E-state index in [2.05, 4.69) is 16.6 Å². The minimum Gasteiger partial charge on any atom is -0.327 e. The van der Waals surface area contributed by atoms with E-state index in [1.807, 2.05) is 0 Å². The van der Waals surface area contributed by atoms with Gasteiger partial charge in [0.25, 0.3) is 0 Å². The van der Waals surface area contributed by atoms with Crippen LogP contribution in [-0.4, -0.2) is 18.5 Å². The van der Waals surface area contributed by atoms with E-state index in [0.717, 1.165) is 0 Å². The molecule has 0 aliphatic heterocycles. The second-order valence-electron chi connectivity index (χ2n) is 1.79. The van der Waals surface area contributed by atoms with Gasteiger partial charge < -0.3 is 5.32 Å². The van der Waals surface area contributed by atoms with Crippen LogP contribution in [0.15, 0.2) is 0 Å². The average molecular weight is 154 g/mol. The van der Waals surface area contributed by atoms with E-state index in [0.29, 0.717) is 0 Å². The van der Waals surface area contributed by atoms with Gasteiger partial charge in [-0.05, 0) is 0 Å². The molecule has 60 valence electrons. The molecule has 2 N–H and O–H groups in total. The third-order valence-corrected chi connectivity index (χ3v) is 0.925. The van der Waals surface area contributed by atoms with Crippen molar-refractivity contribution in [1.82, 2.24) is 10.6 Å². The molecule has 0 spiro atoms. The molecular formula is C7H10N2O2. The predicted octanol–water partition coefficient (Wildman–Crippen LogP) is -0.145. The molecule has 0 aromatic carbocycles. The quantitative estimate of drug-likeness (QED) is 0.544. The Kier molecular flexibility index (Phi) is 4.58. The third-order valence-electron chi connectivity index (χ3n) is 0.925. The first kappa shape index (κ1) is 9.50. The fourth-order valence-electron chi connectivity index (χ4n) is 0.391. The highest BCUT2D eigenvalue weighted by Gasteiger charge is 2.01. The SMILES string of the molecule is C#CCNC(=O)NC(=O)CC. The van der Waals surface area contributed by atoms with Crippen molar-refractivity contribution in [2.24, 2.45) is 0 Å². The van der Waals surface area contributed by atoms with Gasteiger partial charge in [-0.2, -0.15) is 0 Å². The summed E-state index contributed by atoms with van der Waals surface area (Å²) in [4.78, 5) is 21.2. The van der Waals surface area contributed by atoms with E-state index in [4.69, 9.17) is 6.42 Å². The molecule has 4 heteroatoms. The number of terminal acetylenes is 1. The molecule has 0 aromatic rings. The number of rotatable bonds is 2. The van der Waals surface area contributed by atoms with Gasteiger partial charge in [-0.3, -0.25) is 10.1 Å². The van der Waals surface area contributed by atoms with Crippen LogP contribution in [0.3, 0.4) is 0 Å². The van der Waals surface area contributed by atoms with Crippen molar-refractivity contribution in [2.45, 2.75) is 13.3 Å². The number of carbonyl (C=O) groups excluding carboxylic acids is 2. The van der Waals surface area contributed by atoms with Crippen molar-refractivity contribution in [2.75, 3.05) is 6.54 Å². The summed E-state index contributed by atoms with van der Waals surface area (Å²) < 4.78 is 0. The number of amides is 3. The molecule has 11 heavy (non-hydrogen) atoms. The van der Waals surface area contributed by atoms with Crippen LogP contribution < -0.4 is 10.6 Å². The van der Waals surface area contributed by atoms with Gasteiger partial charge in [0.1, 0.15) is 0 Å². The molecule has 0 unspecified atom stereocenters. The molecular weight excluding hydrogens is 144 g/mol. The van der Waals surface area contributed by atoms with Gasteiger partial charge in [0.2, 0.25) is 5.91 Å². The van der Waals surface area contributed by atoms with Crippen LogP contribution in [-0.2, 0) is 4.79 Å². The molecule has 4 nitrogen and oxygen atoms in total. The molecule has 0 radical (unpaired) electrons. The lowest BCUT2D eigenvalue weighted by Crippen LogP contribution is -2.39. The molecule has 0 heterocycles. The lowest BCUT2D eigenvalue weighted by atomic mass is 10.5. The Morgan fingerprint density at radius 3 is 2.64 bits per heavy atom. The molecule has 0 saturated heterocycles. The van der Waals surface area contributed by atoms with Gasteiger partial charge in [0, 0.05) is 6.42 Å². The Labute approximate surface area is 65.4 Å². The largest absolute Gasteiger partial charge is 0.327 e. The number of urea groups is 1. The summed E-state index contributed by atoms with van der Waals surface area (Å²) in [5.74, 6) is 1.89. The summed E-state index contributed by atoms with van der Waals surface area (Å²) in [7, 11) is 0. The van der Waals surface area contributed by atoms with E-state index in [1.165, 1.54) is 0 Å². The van der Waals surface area contributed by atoms with Crippen molar-refractivity contribution >= 4 is 11.9 Å². The minimum absolute atomic E-state index is 0.128. The zero-order chi connectivity index (χ0) is 8.69. The second-order valence-corrected chi connectivity index (χ2v) is 1.79. The maximum absolute atomic E-state index is 10.6. The molecule has 0 bridgehead atoms. The summed E-state index contributed by atoms with van der Waals surface area (Å²) in [6.45, 7) is 1.78. The Morgan fingerprint density at radius 1 is 1.55 bits per heavy atom. The zero-order valence-corrected chi connectivity index (χ0v) is 6.31. The van der Waals surface area contributed by atoms with Crippen molar-refractivity contribution in [3.63, 3.8) is 0 Å². The first-order chi connectivity index (χ1) is 5.20. The van der Waals surface area contributed by atoms with Crippen molar-refractivity contribution in [3.05, 3.63) is 0 Å². The van der Waals surface area contributed by atoms with Crippen LogP contribution in [0.4, 0.5) is 4.79 Å². The molecule has 0 aromatic heterocycles. The lowest BCUT2D eigenvalue weighted by molar-refractivity contribution is -0.119. The topological polar surface area (TPSA) is 58.2 Å². The smallest absolute Gasteiger partial charge is 0.322 e. The fourth-order valence-corrected chi connectivity index (χ4v) is 0.391. The normalized spacial score (nSPS) is 8.00. The number of hydrogen-bond acceptors (Lipinski definition) is 2. The van der Waals surface area contributed by atoms with Gasteiger partial charge in [-0.25, -0.2) is 4.79 Å². The summed E-state index contributed by atoms with van der Waals surface area (Å²) in [6, 6.07) is -0.546. The van der Waals surface area contributed by atoms with Crippen molar-refractivity contribution in [1.29, 1.82) is 0 Å². The highest BCUT2D eigenvalue weighted by molar-refractivity contribution is 5.94. The molecule has 0 aliphatic carbocycles. The van der Waals surface area contributed by atoms with Crippen LogP contribution in [0.1, 0.15) is 13.3 Å². The predicted molar refractivity (Wildman–Crippen MR) is 40.7 cm³/mol. The molecule has 3 amide bonds. The summed E-state index contributed by atoms with van der Waals surface area (Å²) in [5, 5.41) is 4.37. The lowest BCUT2D eigenvalue weighted by Gasteiger charge is -2.00. The maximum Gasteiger partial charge on any atom is 0.322 e. The van der Waals surface area contributed by atoms with E-state index in [-0.39, 0.29) is 18.9 Å². The van der Waals surface area contributed by atoms with Crippen LogP contribution in [0.2, 0.25) is 0 Å². The molecule has 0 atom stereocenters. The first-order valence-electron chi connectivity index (χ1n) is 3.21. The highest BCUT2D eigenvalue weighted by Crippen LogP contribution is 1.73. The molecule has 0 aliphatic rings. The summed E-state index contributed by atoms with van der Waals surface area (Å²) in [5.41, 5.74) is 0. The van der Waals surface area contributed by atoms with E-state index in [9.17, 15) is 9.59 Å². The van der Waals surface area contributed by atoms with Gasteiger partial charge in [-0.15, -0.1) is 6.42 Å². The summed E-state index contributed by atoms with van der Waals surface area (Å²) in [6.07, 6.45) is 5.14. The first-order valence-corrected chi connectivity index (χ1v) is 3.21. The number of nitrogens with one attached hydrogen (secondary N) is 2. The highest BCUT2D eigenvalue weighted by atomic mass is 16.2. The molecule has 0 saturated carbocycles. The van der Waals surface area contributed by atoms with Crippen LogP contribution in [0, 0.1) is 12.3 Å². The van der Waals surface area contributed by atoms with E-state index >= 15 is 0 Å². The maximum atomic E-state index is 10.6. The van der Waals surface area contributed by atoms with Gasteiger partial charge in [0.15, 0.2) is 0 Å². The van der Waals surface area contributed by atoms with Gasteiger partial charge >= 0.3 is 6.03 Å². The average Bonchev–Trinajstić information content (AvgIpc) is 2.00. The molecule has 0 fully saturated rings. The monoisotopic (exact) mass is 154 g/mol. The Bertz CT molecular complexity index is 193. The Morgan fingerprint density at radius 2 is 2.18 bits per heavy atom. The van der Waals surface area contributed by atoms with E-state index in [1.54, 1.807) is 6.92 Å². The minimum atomic E-state index is -0.546. The van der Waals surface area contributed by atoms with Crippen molar-refractivity contribution < 1.29 is 9.59 Å². The number of carbonyl (C=O) groups is 2. The Hall–Kier alpha value is -1.50. The van der Waals surface area contributed by atoms with Crippen molar-refractivity contribution in [3.8, 4) is 12.3 Å². The third kappa shape index (κ3) is 4.97. The zero-order valence-electron chi connectivity index (χ0n) is 6.31. The molecule has 0 rings (SSSR count). The van der Waals surface area contributed by atoms with Gasteiger partial charge in [0.05, 0.1) is 6.54 Å². The second kappa shape index (κ2) is 5.30. The standard InChI is InChI=1S/C7H10N2O2/c1-3-5-8-7(11)9-6(10)4-2/h1H,4-5H2,2H3,(H2,8,9,10,11). The fraction of sp³-hybridized carbons (Fsp3) is 0.429. The van der Waals surface area contributed by atoms with E-state index < -0.39 is 6.03 Å². The number of hydrogen-bond donors (Lipinski definition) is 2. The van der Waals surface area contributed by atoms with Crippen LogP contribution >= 0.6 is 0 Å². The Balaban J connectivity index is 3.54. The summed E-state index contributed by atoms with van der Waals surface area (Å²) >= 11 is 0. The van der Waals surface area contributed by atoms with Gasteiger partial charge in [-0.1, -0.05) is 12.8 Å². The number of imide groups is 1. The van der Waals surface area contributed by atoms with Crippen LogP contribution in [0.25, 0.3) is 0 Å².